The number of allylic oxidation sites excluding steroid dienone is 1. The van der Waals surface area contributed by atoms with Crippen LogP contribution in [0.2, 0.25) is 5.15 Å². The van der Waals surface area contributed by atoms with Gasteiger partial charge in [0, 0.05) is 5.92 Å². The maximum Gasteiger partial charge on any atom is 0.165 e. The van der Waals surface area contributed by atoms with Crippen LogP contribution in [0.15, 0.2) is 55.1 Å². The molecule has 1 aliphatic carbocycles. The average molecular weight is 327 g/mol. The lowest BCUT2D eigenvalue weighted by molar-refractivity contribution is 0.0837. The zero-order valence-electron chi connectivity index (χ0n) is 12.3. The van der Waals surface area contributed by atoms with Crippen LogP contribution in [0.3, 0.4) is 0 Å². The number of rotatable bonds is 5. The van der Waals surface area contributed by atoms with Gasteiger partial charge in [0.2, 0.25) is 0 Å². The summed E-state index contributed by atoms with van der Waals surface area (Å²) in [5.74, 6) is 0.310. The van der Waals surface area contributed by atoms with Crippen molar-refractivity contribution in [2.45, 2.75) is 12.6 Å². The molecule has 4 rings (SSSR count). The van der Waals surface area contributed by atoms with Crippen molar-refractivity contribution in [3.63, 3.8) is 0 Å². The van der Waals surface area contributed by atoms with E-state index in [-0.39, 0.29) is 6.04 Å². The van der Waals surface area contributed by atoms with Gasteiger partial charge in [-0.15, -0.1) is 0 Å². The number of fused-ring (bicyclic) bond motifs is 1. The lowest BCUT2D eigenvalue weighted by Crippen LogP contribution is -2.26. The molecule has 0 N–H and O–H groups in total. The minimum Gasteiger partial charge on any atom is -0.376 e. The van der Waals surface area contributed by atoms with E-state index in [0.29, 0.717) is 29.8 Å². The van der Waals surface area contributed by atoms with Crippen molar-refractivity contribution >= 4 is 22.8 Å². The van der Waals surface area contributed by atoms with Crippen molar-refractivity contribution in [1.29, 1.82) is 0 Å². The molecule has 2 unspecified atom stereocenters. The third-order valence-corrected chi connectivity index (χ3v) is 4.33. The van der Waals surface area contributed by atoms with Gasteiger partial charge in [0.25, 0.3) is 0 Å². The summed E-state index contributed by atoms with van der Waals surface area (Å²) < 4.78 is 7.87. The molecule has 0 spiro atoms. The minimum absolute atomic E-state index is 0.196. The zero-order chi connectivity index (χ0) is 15.6. The molecule has 1 aromatic carbocycles. The molecule has 2 aromatic heterocycles. The molecule has 0 fully saturated rings. The predicted molar refractivity (Wildman–Crippen MR) is 88.1 cm³/mol. The second-order valence-corrected chi connectivity index (χ2v) is 5.89. The van der Waals surface area contributed by atoms with Crippen molar-refractivity contribution in [3.8, 4) is 0 Å². The molecule has 0 aliphatic heterocycles. The first-order valence-corrected chi connectivity index (χ1v) is 7.84. The summed E-state index contributed by atoms with van der Waals surface area (Å²) in [4.78, 5) is 12.6. The molecule has 5 nitrogen and oxygen atoms in total. The van der Waals surface area contributed by atoms with E-state index in [4.69, 9.17) is 16.3 Å². The molecule has 0 radical (unpaired) electrons. The van der Waals surface area contributed by atoms with Gasteiger partial charge in [-0.2, -0.15) is 0 Å². The standard InChI is InChI=1S/C17H15ClN4O/c18-16-15-17(20-10-19-16)22(11-21-15)14-7-6-13(14)9-23-8-12-4-2-1-3-5-12/h1-7,10-11,13-14H,8-9H2. The van der Waals surface area contributed by atoms with Gasteiger partial charge in [-0.25, -0.2) is 15.0 Å². The Labute approximate surface area is 138 Å². The van der Waals surface area contributed by atoms with Gasteiger partial charge in [0.1, 0.15) is 11.8 Å². The Hall–Kier alpha value is -2.24. The van der Waals surface area contributed by atoms with Crippen LogP contribution in [-0.2, 0) is 11.3 Å². The molecule has 0 bridgehead atoms. The van der Waals surface area contributed by atoms with E-state index in [1.807, 2.05) is 22.8 Å². The van der Waals surface area contributed by atoms with Gasteiger partial charge < -0.3 is 9.30 Å². The van der Waals surface area contributed by atoms with Crippen LogP contribution in [0.25, 0.3) is 11.2 Å². The zero-order valence-corrected chi connectivity index (χ0v) is 13.1. The Morgan fingerprint density at radius 2 is 1.96 bits per heavy atom. The highest BCUT2D eigenvalue weighted by molar-refractivity contribution is 6.33. The fourth-order valence-electron chi connectivity index (χ4n) is 2.75. The summed E-state index contributed by atoms with van der Waals surface area (Å²) in [5.41, 5.74) is 2.57. The Bertz CT molecular complexity index is 846. The van der Waals surface area contributed by atoms with Gasteiger partial charge in [-0.05, 0) is 5.56 Å². The highest BCUT2D eigenvalue weighted by Gasteiger charge is 2.28. The van der Waals surface area contributed by atoms with Gasteiger partial charge in [0.15, 0.2) is 10.8 Å². The molecule has 0 amide bonds. The molecule has 1 aliphatic rings. The van der Waals surface area contributed by atoms with E-state index in [1.54, 1.807) is 6.33 Å². The molecular weight excluding hydrogens is 312 g/mol. The number of ether oxygens (including phenoxy) is 1. The maximum atomic E-state index is 6.05. The Balaban J connectivity index is 1.44. The fourth-order valence-corrected chi connectivity index (χ4v) is 2.93. The number of benzene rings is 1. The normalized spacial score (nSPS) is 19.9. The van der Waals surface area contributed by atoms with Crippen LogP contribution in [-0.4, -0.2) is 26.1 Å². The van der Waals surface area contributed by atoms with Crippen molar-refractivity contribution in [1.82, 2.24) is 19.5 Å². The summed E-state index contributed by atoms with van der Waals surface area (Å²) in [5, 5.41) is 0.383. The van der Waals surface area contributed by atoms with Crippen molar-refractivity contribution in [3.05, 3.63) is 65.9 Å². The van der Waals surface area contributed by atoms with E-state index in [2.05, 4.69) is 39.2 Å². The SMILES string of the molecule is Clc1ncnc2c1ncn2C1C=CC1COCc1ccccc1. The van der Waals surface area contributed by atoms with Gasteiger partial charge >= 0.3 is 0 Å². The summed E-state index contributed by atoms with van der Waals surface area (Å²) in [6.07, 6.45) is 7.52. The first kappa shape index (κ1) is 14.4. The smallest absolute Gasteiger partial charge is 0.165 e. The first-order chi connectivity index (χ1) is 11.3. The van der Waals surface area contributed by atoms with Gasteiger partial charge in [-0.3, -0.25) is 0 Å². The fraction of sp³-hybridized carbons (Fsp3) is 0.235. The Morgan fingerprint density at radius 3 is 2.74 bits per heavy atom. The monoisotopic (exact) mass is 326 g/mol. The average Bonchev–Trinajstić information content (AvgIpc) is 2.97. The Morgan fingerprint density at radius 1 is 1.09 bits per heavy atom. The maximum absolute atomic E-state index is 6.05. The summed E-state index contributed by atoms with van der Waals surface area (Å²) in [6, 6.07) is 10.4. The first-order valence-electron chi connectivity index (χ1n) is 7.46. The number of halogens is 1. The third-order valence-electron chi connectivity index (χ3n) is 4.05. The molecule has 23 heavy (non-hydrogen) atoms. The van der Waals surface area contributed by atoms with Gasteiger partial charge in [0.05, 0.1) is 25.6 Å². The lowest BCUT2D eigenvalue weighted by Gasteiger charge is -2.30. The third kappa shape index (κ3) is 2.73. The Kier molecular flexibility index (Phi) is 3.81. The summed E-state index contributed by atoms with van der Waals surface area (Å²) >= 11 is 6.05. The van der Waals surface area contributed by atoms with Crippen molar-refractivity contribution in [2.75, 3.05) is 6.61 Å². The molecule has 6 heteroatoms. The van der Waals surface area contributed by atoms with E-state index in [9.17, 15) is 0 Å². The molecule has 116 valence electrons. The number of nitrogens with zero attached hydrogens (tertiary/aromatic N) is 4. The quantitative estimate of drug-likeness (QED) is 0.532. The van der Waals surface area contributed by atoms with Gasteiger partial charge in [-0.1, -0.05) is 54.1 Å². The largest absolute Gasteiger partial charge is 0.376 e. The van der Waals surface area contributed by atoms with Crippen LogP contribution in [0.4, 0.5) is 0 Å². The van der Waals surface area contributed by atoms with Crippen LogP contribution < -0.4 is 0 Å². The predicted octanol–water partition coefficient (Wildman–Crippen LogP) is 3.42. The highest BCUT2D eigenvalue weighted by atomic mass is 35.5. The summed E-state index contributed by atoms with van der Waals surface area (Å²) in [6.45, 7) is 1.28. The molecule has 2 heterocycles. The lowest BCUT2D eigenvalue weighted by atomic mass is 9.89. The molecule has 0 saturated heterocycles. The summed E-state index contributed by atoms with van der Waals surface area (Å²) in [7, 11) is 0. The number of imidazole rings is 1. The molecule has 2 atom stereocenters. The van der Waals surface area contributed by atoms with E-state index < -0.39 is 0 Å². The van der Waals surface area contributed by atoms with Crippen LogP contribution in [0.5, 0.6) is 0 Å². The van der Waals surface area contributed by atoms with Crippen LogP contribution >= 0.6 is 11.6 Å². The second kappa shape index (κ2) is 6.10. The topological polar surface area (TPSA) is 52.8 Å². The second-order valence-electron chi connectivity index (χ2n) is 5.53. The molecular formula is C17H15ClN4O. The van der Waals surface area contributed by atoms with Crippen molar-refractivity contribution in [2.24, 2.45) is 5.92 Å². The molecule has 3 aromatic rings. The van der Waals surface area contributed by atoms with E-state index >= 15 is 0 Å². The van der Waals surface area contributed by atoms with Crippen molar-refractivity contribution < 1.29 is 4.74 Å². The number of hydrogen-bond acceptors (Lipinski definition) is 4. The van der Waals surface area contributed by atoms with Crippen LogP contribution in [0, 0.1) is 5.92 Å². The molecule has 0 saturated carbocycles. The highest BCUT2D eigenvalue weighted by Crippen LogP contribution is 2.33. The minimum atomic E-state index is 0.196. The number of aromatic nitrogens is 4. The van der Waals surface area contributed by atoms with Crippen LogP contribution in [0.1, 0.15) is 11.6 Å². The number of hydrogen-bond donors (Lipinski definition) is 0. The van der Waals surface area contributed by atoms with E-state index in [0.717, 1.165) is 5.65 Å². The van der Waals surface area contributed by atoms with E-state index in [1.165, 1.54) is 11.9 Å².